The molecule has 5 rings (SSSR count). The molecule has 0 aliphatic heterocycles. The van der Waals surface area contributed by atoms with Gasteiger partial charge < -0.3 is 15.8 Å². The number of nitrogens with one attached hydrogen (secondary N) is 1. The molecule has 0 aliphatic rings. The molecule has 2 aromatic carbocycles. The number of thiazole rings is 1. The summed E-state index contributed by atoms with van der Waals surface area (Å²) < 4.78 is 7.34. The molecule has 1 amide bonds. The van der Waals surface area contributed by atoms with Gasteiger partial charge in [-0.1, -0.05) is 25.1 Å². The number of benzene rings is 2. The Morgan fingerprint density at radius 3 is 2.69 bits per heavy atom. The second kappa shape index (κ2) is 10.2. The molecule has 0 aliphatic carbocycles. The molecular weight excluding hydrogens is 497 g/mol. The minimum Gasteiger partial charge on any atom is -0.497 e. The lowest BCUT2D eigenvalue weighted by Crippen LogP contribution is -2.11. The minimum atomic E-state index is -0.238. The molecule has 0 unspecified atom stereocenters. The van der Waals surface area contributed by atoms with Gasteiger partial charge in [-0.15, -0.1) is 22.7 Å². The molecule has 0 atom stereocenters. The Morgan fingerprint density at radius 1 is 1.09 bits per heavy atom. The number of aromatic nitrogens is 2. The molecular formula is C26H24N4O2S3. The summed E-state index contributed by atoms with van der Waals surface area (Å²) in [5.41, 5.74) is 10.3. The average molecular weight is 521 g/mol. The predicted molar refractivity (Wildman–Crippen MR) is 149 cm³/mol. The number of nitrogens with two attached hydrogens (primary N) is 1. The maximum absolute atomic E-state index is 13.1. The van der Waals surface area contributed by atoms with Crippen LogP contribution in [0.15, 0.2) is 58.9 Å². The standard InChI is InChI=1S/C26H24N4O2S3/c1-3-4-13-33-26-30-20-11-7-16(14-21(20)34-26)28-24(31)23-22(27)18-10-12-19(29-25(18)35-23)15-5-8-17(32-2)9-6-15/h5-12,14H,3-4,13,27H2,1-2H3,(H,28,31). The zero-order valence-corrected chi connectivity index (χ0v) is 21.8. The van der Waals surface area contributed by atoms with Gasteiger partial charge in [-0.3, -0.25) is 4.79 Å². The summed E-state index contributed by atoms with van der Waals surface area (Å²) in [4.78, 5) is 23.7. The van der Waals surface area contributed by atoms with Crippen molar-refractivity contribution in [3.8, 4) is 17.0 Å². The summed E-state index contributed by atoms with van der Waals surface area (Å²) in [6, 6.07) is 17.4. The average Bonchev–Trinajstić information content (AvgIpc) is 3.44. The smallest absolute Gasteiger partial charge is 0.267 e. The van der Waals surface area contributed by atoms with Gasteiger partial charge in [0.1, 0.15) is 15.5 Å². The van der Waals surface area contributed by atoms with Crippen molar-refractivity contribution < 1.29 is 9.53 Å². The molecule has 3 N–H and O–H groups in total. The third-order valence-electron chi connectivity index (χ3n) is 5.54. The lowest BCUT2D eigenvalue weighted by molar-refractivity contribution is 0.103. The number of unbranched alkanes of at least 4 members (excludes halogenated alkanes) is 1. The summed E-state index contributed by atoms with van der Waals surface area (Å²) in [5.74, 6) is 1.62. The number of rotatable bonds is 8. The van der Waals surface area contributed by atoms with Crippen molar-refractivity contribution in [1.82, 2.24) is 9.97 Å². The van der Waals surface area contributed by atoms with Gasteiger partial charge in [0.15, 0.2) is 4.34 Å². The number of hydrogen-bond donors (Lipinski definition) is 2. The largest absolute Gasteiger partial charge is 0.497 e. The van der Waals surface area contributed by atoms with Gasteiger partial charge in [-0.25, -0.2) is 9.97 Å². The Morgan fingerprint density at radius 2 is 1.91 bits per heavy atom. The molecule has 0 saturated heterocycles. The highest BCUT2D eigenvalue weighted by atomic mass is 32.2. The summed E-state index contributed by atoms with van der Waals surface area (Å²) >= 11 is 4.74. The van der Waals surface area contributed by atoms with E-state index in [0.717, 1.165) is 53.2 Å². The van der Waals surface area contributed by atoms with Gasteiger partial charge in [0.05, 0.1) is 28.7 Å². The summed E-state index contributed by atoms with van der Waals surface area (Å²) in [6.45, 7) is 2.19. The number of thioether (sulfide) groups is 1. The van der Waals surface area contributed by atoms with E-state index in [9.17, 15) is 4.79 Å². The van der Waals surface area contributed by atoms with E-state index in [1.54, 1.807) is 30.2 Å². The van der Waals surface area contributed by atoms with Crippen LogP contribution < -0.4 is 15.8 Å². The molecule has 0 bridgehead atoms. The molecule has 0 spiro atoms. The molecule has 0 radical (unpaired) electrons. The van der Waals surface area contributed by atoms with Crippen LogP contribution in [0.25, 0.3) is 31.7 Å². The number of thiophene rings is 1. The van der Waals surface area contributed by atoms with Crippen molar-refractivity contribution in [2.45, 2.75) is 24.1 Å². The third-order valence-corrected chi connectivity index (χ3v) is 8.90. The highest BCUT2D eigenvalue weighted by Gasteiger charge is 2.18. The van der Waals surface area contributed by atoms with E-state index in [-0.39, 0.29) is 5.91 Å². The van der Waals surface area contributed by atoms with Crippen LogP contribution in [0.4, 0.5) is 11.4 Å². The molecule has 178 valence electrons. The van der Waals surface area contributed by atoms with Crippen LogP contribution >= 0.6 is 34.4 Å². The van der Waals surface area contributed by atoms with E-state index in [1.165, 1.54) is 24.2 Å². The van der Waals surface area contributed by atoms with Crippen LogP contribution in [0, 0.1) is 0 Å². The van der Waals surface area contributed by atoms with Crippen LogP contribution in [-0.4, -0.2) is 28.7 Å². The highest BCUT2D eigenvalue weighted by molar-refractivity contribution is 8.01. The van der Waals surface area contributed by atoms with Crippen LogP contribution in [-0.2, 0) is 0 Å². The van der Waals surface area contributed by atoms with Crippen LogP contribution in [0.5, 0.6) is 5.75 Å². The van der Waals surface area contributed by atoms with Crippen LogP contribution in [0.2, 0.25) is 0 Å². The van der Waals surface area contributed by atoms with Gasteiger partial charge in [-0.05, 0) is 61.0 Å². The topological polar surface area (TPSA) is 90.1 Å². The lowest BCUT2D eigenvalue weighted by atomic mass is 10.1. The van der Waals surface area contributed by atoms with Gasteiger partial charge >= 0.3 is 0 Å². The summed E-state index contributed by atoms with van der Waals surface area (Å²) in [6.07, 6.45) is 2.35. The zero-order chi connectivity index (χ0) is 24.4. The van der Waals surface area contributed by atoms with E-state index >= 15 is 0 Å². The Kier molecular flexibility index (Phi) is 6.90. The van der Waals surface area contributed by atoms with E-state index in [1.807, 2.05) is 54.6 Å². The van der Waals surface area contributed by atoms with Crippen molar-refractivity contribution in [1.29, 1.82) is 0 Å². The summed E-state index contributed by atoms with van der Waals surface area (Å²) in [5, 5.41) is 3.78. The van der Waals surface area contributed by atoms with Crippen LogP contribution in [0.3, 0.4) is 0 Å². The predicted octanol–water partition coefficient (Wildman–Crippen LogP) is 7.31. The number of carbonyl (C=O) groups is 1. The fraction of sp³-hybridized carbons (Fsp3) is 0.192. The molecule has 9 heteroatoms. The fourth-order valence-electron chi connectivity index (χ4n) is 3.62. The molecule has 3 aromatic heterocycles. The first-order chi connectivity index (χ1) is 17.1. The van der Waals surface area contributed by atoms with Gasteiger partial charge in [0.25, 0.3) is 5.91 Å². The first-order valence-electron chi connectivity index (χ1n) is 11.2. The number of carbonyl (C=O) groups excluding carboxylic acids is 1. The zero-order valence-electron chi connectivity index (χ0n) is 19.3. The summed E-state index contributed by atoms with van der Waals surface area (Å²) in [7, 11) is 1.64. The maximum atomic E-state index is 13.1. The number of methoxy groups -OCH3 is 1. The monoisotopic (exact) mass is 520 g/mol. The second-order valence-corrected chi connectivity index (χ2v) is 11.3. The number of nitrogen functional groups attached to an aromatic ring is 1. The normalized spacial score (nSPS) is 11.3. The van der Waals surface area contributed by atoms with Crippen molar-refractivity contribution >= 4 is 72.2 Å². The van der Waals surface area contributed by atoms with Crippen molar-refractivity contribution in [3.05, 3.63) is 59.5 Å². The third kappa shape index (κ3) is 4.98. The van der Waals surface area contributed by atoms with E-state index in [0.29, 0.717) is 10.6 Å². The number of pyridine rings is 1. The molecule has 35 heavy (non-hydrogen) atoms. The maximum Gasteiger partial charge on any atom is 0.267 e. The molecule has 6 nitrogen and oxygen atoms in total. The Labute approximate surface area is 215 Å². The second-order valence-electron chi connectivity index (χ2n) is 7.94. The van der Waals surface area contributed by atoms with Gasteiger partial charge in [0, 0.05) is 22.4 Å². The Hall–Kier alpha value is -3.14. The number of nitrogens with zero attached hydrogens (tertiary/aromatic N) is 2. The molecule has 3 heterocycles. The fourth-order valence-corrected chi connectivity index (χ4v) is 6.87. The number of fused-ring (bicyclic) bond motifs is 2. The van der Waals surface area contributed by atoms with Crippen LogP contribution in [0.1, 0.15) is 29.4 Å². The highest BCUT2D eigenvalue weighted by Crippen LogP contribution is 2.36. The van der Waals surface area contributed by atoms with Gasteiger partial charge in [0.2, 0.25) is 0 Å². The number of ether oxygens (including phenoxy) is 1. The molecule has 0 fully saturated rings. The minimum absolute atomic E-state index is 0.238. The Balaban J connectivity index is 1.37. The van der Waals surface area contributed by atoms with Gasteiger partial charge in [-0.2, -0.15) is 0 Å². The first-order valence-corrected chi connectivity index (χ1v) is 13.9. The van der Waals surface area contributed by atoms with Crippen molar-refractivity contribution in [2.24, 2.45) is 0 Å². The SMILES string of the molecule is CCCCSc1nc2ccc(NC(=O)c3sc4nc(-c5ccc(OC)cc5)ccc4c3N)cc2s1. The number of anilines is 2. The number of amides is 1. The van der Waals surface area contributed by atoms with Crippen molar-refractivity contribution in [3.63, 3.8) is 0 Å². The van der Waals surface area contributed by atoms with Crippen molar-refractivity contribution in [2.75, 3.05) is 23.9 Å². The quantitative estimate of drug-likeness (QED) is 0.165. The van der Waals surface area contributed by atoms with E-state index in [4.69, 9.17) is 15.5 Å². The lowest BCUT2D eigenvalue weighted by Gasteiger charge is -2.04. The first kappa shape index (κ1) is 23.6. The van der Waals surface area contributed by atoms with E-state index < -0.39 is 0 Å². The van der Waals surface area contributed by atoms with E-state index in [2.05, 4.69) is 17.2 Å². The molecule has 0 saturated carbocycles. The Bertz CT molecular complexity index is 1510. The molecule has 5 aromatic rings. The number of hydrogen-bond acceptors (Lipinski definition) is 8.